The minimum Gasteiger partial charge on any atom is -0.486 e. The quantitative estimate of drug-likeness (QED) is 0.262. The minimum absolute atomic E-state index is 0.0231. The summed E-state index contributed by atoms with van der Waals surface area (Å²) in [5.74, 6) is 0.599. The topological polar surface area (TPSA) is 112 Å². The summed E-state index contributed by atoms with van der Waals surface area (Å²) in [7, 11) is 0. The van der Waals surface area contributed by atoms with Gasteiger partial charge in [0.05, 0.1) is 28.5 Å². The molecule has 9 nitrogen and oxygen atoms in total. The zero-order valence-electron chi connectivity index (χ0n) is 18.4. The molecule has 2 heterocycles. The molecule has 34 heavy (non-hydrogen) atoms. The Labute approximate surface area is 200 Å². The van der Waals surface area contributed by atoms with Crippen LogP contribution in [0.15, 0.2) is 65.1 Å². The molecular formula is C24H21ClN4O5. The van der Waals surface area contributed by atoms with E-state index in [1.165, 1.54) is 24.3 Å². The maximum absolute atomic E-state index is 12.8. The van der Waals surface area contributed by atoms with Crippen LogP contribution in [0.1, 0.15) is 33.3 Å². The van der Waals surface area contributed by atoms with Gasteiger partial charge in [-0.05, 0) is 49.7 Å². The number of hydrogen-bond acceptors (Lipinski definition) is 6. The third-order valence-corrected chi connectivity index (χ3v) is 5.58. The monoisotopic (exact) mass is 480 g/mol. The molecule has 2 aromatic carbocycles. The van der Waals surface area contributed by atoms with Gasteiger partial charge in [0.15, 0.2) is 5.76 Å². The number of non-ortho nitro benzene ring substituents is 1. The van der Waals surface area contributed by atoms with Crippen LogP contribution in [-0.4, -0.2) is 20.6 Å². The largest absolute Gasteiger partial charge is 0.486 e. The molecule has 0 bridgehead atoms. The average molecular weight is 481 g/mol. The van der Waals surface area contributed by atoms with Gasteiger partial charge in [0.25, 0.3) is 11.6 Å². The number of nitro benzene ring substituents is 1. The summed E-state index contributed by atoms with van der Waals surface area (Å²) in [6, 6.07) is 16.4. The Morgan fingerprint density at radius 1 is 1.15 bits per heavy atom. The Kier molecular flexibility index (Phi) is 6.65. The summed E-state index contributed by atoms with van der Waals surface area (Å²) in [5.41, 5.74) is 2.98. The van der Waals surface area contributed by atoms with Gasteiger partial charge in [0, 0.05) is 17.2 Å². The van der Waals surface area contributed by atoms with Crippen LogP contribution in [0, 0.1) is 24.0 Å². The smallest absolute Gasteiger partial charge is 0.291 e. The second-order valence-corrected chi connectivity index (χ2v) is 7.96. The van der Waals surface area contributed by atoms with E-state index >= 15 is 0 Å². The molecule has 0 fully saturated rings. The molecule has 0 saturated carbocycles. The third-order valence-electron chi connectivity index (χ3n) is 5.21. The SMILES string of the molecule is Cc1nn(Cc2ccccc2Cl)c(C)c1NC(=O)c1ccc(COc2ccc([N+](=O)[O-])cc2)o1. The van der Waals surface area contributed by atoms with Gasteiger partial charge >= 0.3 is 0 Å². The van der Waals surface area contributed by atoms with Crippen LogP contribution in [0.5, 0.6) is 5.75 Å². The Balaban J connectivity index is 1.40. The van der Waals surface area contributed by atoms with Crippen molar-refractivity contribution in [1.29, 1.82) is 0 Å². The maximum Gasteiger partial charge on any atom is 0.291 e. The fraction of sp³-hybridized carbons (Fsp3) is 0.167. The summed E-state index contributed by atoms with van der Waals surface area (Å²) in [6.07, 6.45) is 0. The number of furan rings is 1. The van der Waals surface area contributed by atoms with E-state index in [4.69, 9.17) is 20.8 Å². The fourth-order valence-corrected chi connectivity index (χ4v) is 3.59. The maximum atomic E-state index is 12.8. The lowest BCUT2D eigenvalue weighted by molar-refractivity contribution is -0.384. The number of aryl methyl sites for hydroxylation is 1. The highest BCUT2D eigenvalue weighted by Gasteiger charge is 2.18. The number of rotatable bonds is 8. The van der Waals surface area contributed by atoms with Gasteiger partial charge < -0.3 is 14.5 Å². The van der Waals surface area contributed by atoms with Crippen molar-refractivity contribution < 1.29 is 18.9 Å². The molecule has 0 spiro atoms. The van der Waals surface area contributed by atoms with Crippen LogP contribution in [0.4, 0.5) is 11.4 Å². The number of carbonyl (C=O) groups excluding carboxylic acids is 1. The highest BCUT2D eigenvalue weighted by molar-refractivity contribution is 6.31. The minimum atomic E-state index is -0.481. The number of aromatic nitrogens is 2. The van der Waals surface area contributed by atoms with Crippen LogP contribution < -0.4 is 10.1 Å². The number of carbonyl (C=O) groups is 1. The van der Waals surface area contributed by atoms with Gasteiger partial charge in [-0.3, -0.25) is 19.6 Å². The number of nitrogens with zero attached hydrogens (tertiary/aromatic N) is 3. The molecule has 0 aliphatic heterocycles. The Hall–Kier alpha value is -4.11. The predicted octanol–water partition coefficient (Wildman–Crippen LogP) is 5.53. The van der Waals surface area contributed by atoms with Crippen molar-refractivity contribution in [2.45, 2.75) is 27.0 Å². The van der Waals surface area contributed by atoms with Gasteiger partial charge in [-0.1, -0.05) is 29.8 Å². The van der Waals surface area contributed by atoms with Crippen LogP contribution in [0.25, 0.3) is 0 Å². The molecule has 0 atom stereocenters. The molecule has 4 rings (SSSR count). The van der Waals surface area contributed by atoms with E-state index in [2.05, 4.69) is 10.4 Å². The average Bonchev–Trinajstić information content (AvgIpc) is 3.40. The van der Waals surface area contributed by atoms with Crippen molar-refractivity contribution in [2.24, 2.45) is 0 Å². The van der Waals surface area contributed by atoms with Gasteiger partial charge in [-0.15, -0.1) is 0 Å². The van der Waals surface area contributed by atoms with E-state index in [9.17, 15) is 14.9 Å². The highest BCUT2D eigenvalue weighted by atomic mass is 35.5. The zero-order valence-corrected chi connectivity index (χ0v) is 19.2. The van der Waals surface area contributed by atoms with Gasteiger partial charge in [-0.2, -0.15) is 5.10 Å². The number of nitro groups is 1. The molecule has 0 saturated heterocycles. The van der Waals surface area contributed by atoms with Crippen molar-refractivity contribution in [3.05, 3.63) is 104 Å². The predicted molar refractivity (Wildman–Crippen MR) is 126 cm³/mol. The molecule has 0 aliphatic carbocycles. The first kappa shape index (κ1) is 23.1. The van der Waals surface area contributed by atoms with Crippen LogP contribution in [0.2, 0.25) is 5.02 Å². The van der Waals surface area contributed by atoms with E-state index in [0.29, 0.717) is 34.5 Å². The first-order valence-corrected chi connectivity index (χ1v) is 10.7. The molecule has 0 radical (unpaired) electrons. The lowest BCUT2D eigenvalue weighted by Crippen LogP contribution is -2.12. The molecule has 4 aromatic rings. The van der Waals surface area contributed by atoms with Crippen molar-refractivity contribution in [1.82, 2.24) is 9.78 Å². The summed E-state index contributed by atoms with van der Waals surface area (Å²) in [6.45, 7) is 4.24. The van der Waals surface area contributed by atoms with E-state index in [1.54, 1.807) is 16.8 Å². The second-order valence-electron chi connectivity index (χ2n) is 7.55. The first-order valence-electron chi connectivity index (χ1n) is 10.4. The summed E-state index contributed by atoms with van der Waals surface area (Å²) < 4.78 is 13.0. The molecule has 2 aromatic heterocycles. The van der Waals surface area contributed by atoms with Gasteiger partial charge in [-0.25, -0.2) is 0 Å². The second kappa shape index (κ2) is 9.80. The first-order chi connectivity index (χ1) is 16.3. The Morgan fingerprint density at radius 2 is 1.88 bits per heavy atom. The van der Waals surface area contributed by atoms with Gasteiger partial charge in [0.1, 0.15) is 18.1 Å². The van der Waals surface area contributed by atoms with Crippen molar-refractivity contribution >= 4 is 28.9 Å². The van der Waals surface area contributed by atoms with Crippen LogP contribution in [-0.2, 0) is 13.2 Å². The van der Waals surface area contributed by atoms with Crippen molar-refractivity contribution in [3.63, 3.8) is 0 Å². The number of ether oxygens (including phenoxy) is 1. The standard InChI is InChI=1S/C24H21ClN4O5/c1-15-23(16(2)28(27-15)13-17-5-3-4-6-21(17)25)26-24(30)22-12-11-20(34-22)14-33-19-9-7-18(8-10-19)29(31)32/h3-12H,13-14H2,1-2H3,(H,26,30). The lowest BCUT2D eigenvalue weighted by Gasteiger charge is -2.08. The Morgan fingerprint density at radius 3 is 2.59 bits per heavy atom. The number of halogens is 1. The molecule has 0 unspecified atom stereocenters. The number of anilines is 1. The molecule has 0 aliphatic rings. The normalized spacial score (nSPS) is 10.8. The summed E-state index contributed by atoms with van der Waals surface area (Å²) in [5, 5.41) is 18.8. The van der Waals surface area contributed by atoms with Crippen LogP contribution in [0.3, 0.4) is 0 Å². The van der Waals surface area contributed by atoms with E-state index in [1.807, 2.05) is 38.1 Å². The molecule has 1 N–H and O–H groups in total. The number of nitrogens with one attached hydrogen (secondary N) is 1. The van der Waals surface area contributed by atoms with E-state index in [-0.39, 0.29) is 18.1 Å². The summed E-state index contributed by atoms with van der Waals surface area (Å²) >= 11 is 6.26. The van der Waals surface area contributed by atoms with Crippen LogP contribution >= 0.6 is 11.6 Å². The number of benzene rings is 2. The third kappa shape index (κ3) is 5.10. The molecular weight excluding hydrogens is 460 g/mol. The van der Waals surface area contributed by atoms with E-state index < -0.39 is 10.8 Å². The van der Waals surface area contributed by atoms with Crippen molar-refractivity contribution in [2.75, 3.05) is 5.32 Å². The molecule has 174 valence electrons. The lowest BCUT2D eigenvalue weighted by atomic mass is 10.2. The summed E-state index contributed by atoms with van der Waals surface area (Å²) in [4.78, 5) is 23.0. The van der Waals surface area contributed by atoms with Gasteiger partial charge in [0.2, 0.25) is 0 Å². The molecule has 1 amide bonds. The fourth-order valence-electron chi connectivity index (χ4n) is 3.39. The highest BCUT2D eigenvalue weighted by Crippen LogP contribution is 2.24. The zero-order chi connectivity index (χ0) is 24.2. The Bertz CT molecular complexity index is 1340. The number of amides is 1. The number of hydrogen-bond donors (Lipinski definition) is 1. The molecule has 10 heteroatoms. The van der Waals surface area contributed by atoms with E-state index in [0.717, 1.165) is 11.3 Å². The van der Waals surface area contributed by atoms with Crippen molar-refractivity contribution in [3.8, 4) is 5.75 Å².